The zero-order valence-corrected chi connectivity index (χ0v) is 15.4. The smallest absolute Gasteiger partial charge is 0.253 e. The van der Waals surface area contributed by atoms with Crippen molar-refractivity contribution in [3.8, 4) is 5.75 Å². The number of amides is 2. The van der Waals surface area contributed by atoms with Crippen LogP contribution in [0, 0.1) is 11.7 Å². The van der Waals surface area contributed by atoms with Crippen molar-refractivity contribution in [2.45, 2.75) is 38.5 Å². The third kappa shape index (κ3) is 4.34. The summed E-state index contributed by atoms with van der Waals surface area (Å²) in [6.45, 7) is 3.14. The molecular formula is C20H27FN2O3. The van der Waals surface area contributed by atoms with Gasteiger partial charge in [-0.05, 0) is 56.2 Å². The van der Waals surface area contributed by atoms with E-state index in [-0.39, 0.29) is 17.6 Å². The summed E-state index contributed by atoms with van der Waals surface area (Å²) in [5, 5.41) is 0. The third-order valence-corrected chi connectivity index (χ3v) is 5.53. The number of ether oxygens (including phenoxy) is 1. The lowest BCUT2D eigenvalue weighted by Gasteiger charge is -2.32. The highest BCUT2D eigenvalue weighted by Gasteiger charge is 2.25. The van der Waals surface area contributed by atoms with Gasteiger partial charge >= 0.3 is 0 Å². The van der Waals surface area contributed by atoms with E-state index in [0.29, 0.717) is 31.0 Å². The molecule has 5 nitrogen and oxygen atoms in total. The molecule has 0 spiro atoms. The van der Waals surface area contributed by atoms with Crippen molar-refractivity contribution in [2.75, 3.05) is 33.3 Å². The second-order valence-corrected chi connectivity index (χ2v) is 7.21. The number of methoxy groups -OCH3 is 1. The first kappa shape index (κ1) is 18.7. The molecule has 0 N–H and O–H groups in total. The molecular weight excluding hydrogens is 335 g/mol. The molecule has 2 aliphatic heterocycles. The van der Waals surface area contributed by atoms with Crippen molar-refractivity contribution in [3.05, 3.63) is 29.6 Å². The van der Waals surface area contributed by atoms with Crippen LogP contribution >= 0.6 is 0 Å². The fraction of sp³-hybridized carbons (Fsp3) is 0.600. The number of halogens is 1. The third-order valence-electron chi connectivity index (χ3n) is 5.53. The maximum atomic E-state index is 13.8. The van der Waals surface area contributed by atoms with Crippen LogP contribution in [0.5, 0.6) is 5.75 Å². The number of piperidine rings is 1. The van der Waals surface area contributed by atoms with Crippen molar-refractivity contribution >= 4 is 11.8 Å². The van der Waals surface area contributed by atoms with Crippen LogP contribution in [-0.2, 0) is 4.79 Å². The predicted molar refractivity (Wildman–Crippen MR) is 96.6 cm³/mol. The van der Waals surface area contributed by atoms with Crippen LogP contribution in [0.4, 0.5) is 4.39 Å². The standard InChI is InChI=1S/C20H27FN2O3/c1-26-18-6-5-16(14-17(18)21)20(25)23-12-8-15(9-13-23)4-7-19(24)22-10-2-3-11-22/h5-6,14-15H,2-4,7-13H2,1H3. The van der Waals surface area contributed by atoms with Gasteiger partial charge in [0.05, 0.1) is 7.11 Å². The van der Waals surface area contributed by atoms with E-state index >= 15 is 0 Å². The first-order chi connectivity index (χ1) is 12.6. The Kier molecular flexibility index (Phi) is 6.12. The lowest BCUT2D eigenvalue weighted by atomic mass is 9.91. The van der Waals surface area contributed by atoms with Gasteiger partial charge in [-0.25, -0.2) is 4.39 Å². The molecule has 3 rings (SSSR count). The number of carbonyl (C=O) groups excluding carboxylic acids is 2. The molecule has 0 unspecified atom stereocenters. The average Bonchev–Trinajstić information content (AvgIpc) is 3.21. The quantitative estimate of drug-likeness (QED) is 0.809. The molecule has 0 aromatic heterocycles. The molecule has 0 aliphatic carbocycles. The number of hydrogen-bond acceptors (Lipinski definition) is 3. The van der Waals surface area contributed by atoms with Gasteiger partial charge in [-0.2, -0.15) is 0 Å². The Balaban J connectivity index is 1.46. The molecule has 0 saturated carbocycles. The first-order valence-electron chi connectivity index (χ1n) is 9.49. The Hall–Kier alpha value is -2.11. The highest BCUT2D eigenvalue weighted by Crippen LogP contribution is 2.25. The number of nitrogens with zero attached hydrogens (tertiary/aromatic N) is 2. The topological polar surface area (TPSA) is 49.9 Å². The maximum Gasteiger partial charge on any atom is 0.253 e. The Morgan fingerprint density at radius 2 is 1.81 bits per heavy atom. The molecule has 2 heterocycles. The SMILES string of the molecule is COc1ccc(C(=O)N2CCC(CCC(=O)N3CCCC3)CC2)cc1F. The molecule has 26 heavy (non-hydrogen) atoms. The van der Waals surface area contributed by atoms with E-state index in [9.17, 15) is 14.0 Å². The van der Waals surface area contributed by atoms with Crippen molar-refractivity contribution < 1.29 is 18.7 Å². The highest BCUT2D eigenvalue weighted by atomic mass is 19.1. The van der Waals surface area contributed by atoms with Gasteiger partial charge in [-0.1, -0.05) is 0 Å². The van der Waals surface area contributed by atoms with E-state index in [0.717, 1.165) is 45.2 Å². The highest BCUT2D eigenvalue weighted by molar-refractivity contribution is 5.94. The molecule has 2 aliphatic rings. The van der Waals surface area contributed by atoms with E-state index < -0.39 is 5.82 Å². The summed E-state index contributed by atoms with van der Waals surface area (Å²) in [7, 11) is 1.40. The van der Waals surface area contributed by atoms with Gasteiger partial charge in [-0.15, -0.1) is 0 Å². The fourth-order valence-corrected chi connectivity index (χ4v) is 3.86. The Morgan fingerprint density at radius 1 is 1.12 bits per heavy atom. The van der Waals surface area contributed by atoms with E-state index in [1.165, 1.54) is 19.2 Å². The maximum absolute atomic E-state index is 13.8. The van der Waals surface area contributed by atoms with E-state index in [1.807, 2.05) is 4.90 Å². The minimum Gasteiger partial charge on any atom is -0.494 e. The second-order valence-electron chi connectivity index (χ2n) is 7.21. The molecule has 0 radical (unpaired) electrons. The molecule has 1 aromatic rings. The van der Waals surface area contributed by atoms with Crippen molar-refractivity contribution in [2.24, 2.45) is 5.92 Å². The van der Waals surface area contributed by atoms with Gasteiger partial charge in [0, 0.05) is 38.2 Å². The molecule has 2 saturated heterocycles. The van der Waals surface area contributed by atoms with Gasteiger partial charge < -0.3 is 14.5 Å². The van der Waals surface area contributed by atoms with E-state index in [2.05, 4.69) is 0 Å². The summed E-state index contributed by atoms with van der Waals surface area (Å²) in [4.78, 5) is 28.4. The van der Waals surface area contributed by atoms with Crippen LogP contribution in [-0.4, -0.2) is 54.9 Å². The number of rotatable bonds is 5. The van der Waals surface area contributed by atoms with Crippen LogP contribution in [0.25, 0.3) is 0 Å². The summed E-state index contributed by atoms with van der Waals surface area (Å²) < 4.78 is 18.7. The summed E-state index contributed by atoms with van der Waals surface area (Å²) >= 11 is 0. The number of likely N-dealkylation sites (tertiary alicyclic amines) is 2. The van der Waals surface area contributed by atoms with Gasteiger partial charge in [0.15, 0.2) is 11.6 Å². The second kappa shape index (κ2) is 8.52. The normalized spacial score (nSPS) is 18.2. The predicted octanol–water partition coefficient (Wildman–Crippen LogP) is 3.09. The zero-order valence-electron chi connectivity index (χ0n) is 15.4. The van der Waals surface area contributed by atoms with Crippen molar-refractivity contribution in [3.63, 3.8) is 0 Å². The molecule has 1 aromatic carbocycles. The summed E-state index contributed by atoms with van der Waals surface area (Å²) in [5.41, 5.74) is 0.353. The molecule has 142 valence electrons. The molecule has 6 heteroatoms. The Bertz CT molecular complexity index is 650. The lowest BCUT2D eigenvalue weighted by molar-refractivity contribution is -0.130. The fourth-order valence-electron chi connectivity index (χ4n) is 3.86. The molecule has 0 atom stereocenters. The van der Waals surface area contributed by atoms with Gasteiger partial charge in [0.2, 0.25) is 5.91 Å². The van der Waals surface area contributed by atoms with Crippen LogP contribution < -0.4 is 4.74 Å². The number of benzene rings is 1. The van der Waals surface area contributed by atoms with E-state index in [4.69, 9.17) is 4.74 Å². The van der Waals surface area contributed by atoms with Crippen LogP contribution in [0.1, 0.15) is 48.9 Å². The Labute approximate surface area is 154 Å². The molecule has 2 amide bonds. The Morgan fingerprint density at radius 3 is 2.42 bits per heavy atom. The molecule has 2 fully saturated rings. The largest absolute Gasteiger partial charge is 0.494 e. The monoisotopic (exact) mass is 362 g/mol. The number of hydrogen-bond donors (Lipinski definition) is 0. The van der Waals surface area contributed by atoms with Gasteiger partial charge in [0.25, 0.3) is 5.91 Å². The van der Waals surface area contributed by atoms with Crippen LogP contribution in [0.15, 0.2) is 18.2 Å². The summed E-state index contributed by atoms with van der Waals surface area (Å²) in [6, 6.07) is 4.33. The summed E-state index contributed by atoms with van der Waals surface area (Å²) in [6.07, 6.45) is 5.56. The van der Waals surface area contributed by atoms with Crippen molar-refractivity contribution in [1.82, 2.24) is 9.80 Å². The molecule has 0 bridgehead atoms. The van der Waals surface area contributed by atoms with Crippen molar-refractivity contribution in [1.29, 1.82) is 0 Å². The minimum absolute atomic E-state index is 0.141. The van der Waals surface area contributed by atoms with Gasteiger partial charge in [0.1, 0.15) is 0 Å². The van der Waals surface area contributed by atoms with Crippen LogP contribution in [0.3, 0.4) is 0 Å². The van der Waals surface area contributed by atoms with E-state index in [1.54, 1.807) is 11.0 Å². The van der Waals surface area contributed by atoms with Gasteiger partial charge in [-0.3, -0.25) is 9.59 Å². The van der Waals surface area contributed by atoms with Crippen LogP contribution in [0.2, 0.25) is 0 Å². The average molecular weight is 362 g/mol. The first-order valence-corrected chi connectivity index (χ1v) is 9.49. The number of carbonyl (C=O) groups is 2. The summed E-state index contributed by atoms with van der Waals surface area (Å²) in [5.74, 6) is 0.239. The lowest BCUT2D eigenvalue weighted by Crippen LogP contribution is -2.38. The minimum atomic E-state index is -0.520. The zero-order chi connectivity index (χ0) is 18.5.